The molecule has 1 atom stereocenters. The number of amides is 1. The molecule has 0 radical (unpaired) electrons. The fraction of sp³-hybridized carbons (Fsp3) is 0.296. The van der Waals surface area contributed by atoms with Gasteiger partial charge in [-0.25, -0.2) is 8.42 Å². The van der Waals surface area contributed by atoms with Gasteiger partial charge in [-0.1, -0.05) is 68.8 Å². The van der Waals surface area contributed by atoms with Crippen molar-refractivity contribution in [2.24, 2.45) is 0 Å². The first-order valence-corrected chi connectivity index (χ1v) is 12.5. The Labute approximate surface area is 197 Å². The van der Waals surface area contributed by atoms with Crippen LogP contribution in [0.3, 0.4) is 0 Å². The second-order valence-corrected chi connectivity index (χ2v) is 11.1. The molecule has 0 aliphatic rings. The van der Waals surface area contributed by atoms with Crippen molar-refractivity contribution < 1.29 is 13.2 Å². The highest BCUT2D eigenvalue weighted by atomic mass is 32.2. The van der Waals surface area contributed by atoms with Crippen LogP contribution in [0.1, 0.15) is 66.3 Å². The quantitative estimate of drug-likeness (QED) is 0.477. The summed E-state index contributed by atoms with van der Waals surface area (Å²) in [6.45, 7) is 12.1. The van der Waals surface area contributed by atoms with E-state index in [0.29, 0.717) is 16.8 Å². The van der Waals surface area contributed by atoms with Crippen molar-refractivity contribution in [2.75, 3.05) is 4.72 Å². The van der Waals surface area contributed by atoms with Gasteiger partial charge in [0.05, 0.1) is 16.6 Å². The Morgan fingerprint density at radius 1 is 0.879 bits per heavy atom. The number of nitrogens with one attached hydrogen (secondary N) is 2. The first kappa shape index (κ1) is 24.5. The third-order valence-corrected chi connectivity index (χ3v) is 7.16. The molecular weight excluding hydrogens is 432 g/mol. The third kappa shape index (κ3) is 5.82. The molecule has 0 fully saturated rings. The van der Waals surface area contributed by atoms with Crippen LogP contribution in [0.15, 0.2) is 71.6 Å². The minimum atomic E-state index is -3.76. The molecule has 0 heterocycles. The monoisotopic (exact) mass is 464 g/mol. The van der Waals surface area contributed by atoms with E-state index in [0.717, 1.165) is 11.1 Å². The number of carbonyl (C=O) groups is 1. The van der Waals surface area contributed by atoms with Crippen LogP contribution in [0.4, 0.5) is 5.69 Å². The standard InChI is InChI=1S/C27H32N2O3S/c1-18-10-16-23(17-11-18)33(31,32)29-25-9-7-8-24(19(25)2)26(30)28-20(3)21-12-14-22(15-13-21)27(4,5)6/h7-17,20,29H,1-6H3,(H,28,30)/t20-/m0/s1. The number of hydrogen-bond acceptors (Lipinski definition) is 3. The lowest BCUT2D eigenvalue weighted by Crippen LogP contribution is -2.27. The molecule has 0 saturated heterocycles. The van der Waals surface area contributed by atoms with Gasteiger partial charge in [-0.2, -0.15) is 0 Å². The number of anilines is 1. The summed E-state index contributed by atoms with van der Waals surface area (Å²) < 4.78 is 28.2. The molecule has 0 aliphatic carbocycles. The first-order valence-electron chi connectivity index (χ1n) is 11.0. The summed E-state index contributed by atoms with van der Waals surface area (Å²) in [6.07, 6.45) is 0. The van der Waals surface area contributed by atoms with Gasteiger partial charge in [0, 0.05) is 5.56 Å². The van der Waals surface area contributed by atoms with E-state index in [1.165, 1.54) is 5.56 Å². The van der Waals surface area contributed by atoms with Gasteiger partial charge < -0.3 is 5.32 Å². The Balaban J connectivity index is 1.78. The molecule has 33 heavy (non-hydrogen) atoms. The molecule has 174 valence electrons. The van der Waals surface area contributed by atoms with Crippen molar-refractivity contribution in [2.45, 2.75) is 57.9 Å². The van der Waals surface area contributed by atoms with E-state index in [1.54, 1.807) is 49.4 Å². The van der Waals surface area contributed by atoms with Crippen molar-refractivity contribution in [1.82, 2.24) is 5.32 Å². The smallest absolute Gasteiger partial charge is 0.261 e. The van der Waals surface area contributed by atoms with Gasteiger partial charge in [-0.3, -0.25) is 9.52 Å². The number of aryl methyl sites for hydroxylation is 1. The Bertz CT molecular complexity index is 1240. The maximum atomic E-state index is 13.0. The van der Waals surface area contributed by atoms with Crippen LogP contribution in [-0.2, 0) is 15.4 Å². The topological polar surface area (TPSA) is 75.3 Å². The SMILES string of the molecule is Cc1ccc(S(=O)(=O)Nc2cccc(C(=O)N[C@@H](C)c3ccc(C(C)(C)C)cc3)c2C)cc1. The summed E-state index contributed by atoms with van der Waals surface area (Å²) in [5.41, 5.74) is 4.66. The van der Waals surface area contributed by atoms with E-state index >= 15 is 0 Å². The molecule has 2 N–H and O–H groups in total. The van der Waals surface area contributed by atoms with Crippen molar-refractivity contribution in [3.05, 3.63) is 94.5 Å². The number of rotatable bonds is 6. The molecule has 3 aromatic carbocycles. The van der Waals surface area contributed by atoms with E-state index < -0.39 is 10.0 Å². The van der Waals surface area contributed by atoms with Crippen molar-refractivity contribution in [3.63, 3.8) is 0 Å². The molecule has 0 spiro atoms. The second-order valence-electron chi connectivity index (χ2n) is 9.46. The third-order valence-electron chi connectivity index (χ3n) is 5.78. The minimum Gasteiger partial charge on any atom is -0.346 e. The van der Waals surface area contributed by atoms with Gasteiger partial charge >= 0.3 is 0 Å². The molecular formula is C27H32N2O3S. The molecule has 0 aliphatic heterocycles. The van der Waals surface area contributed by atoms with E-state index in [2.05, 4.69) is 42.9 Å². The Hall–Kier alpha value is -3.12. The average Bonchev–Trinajstić information content (AvgIpc) is 2.74. The average molecular weight is 465 g/mol. The van der Waals surface area contributed by atoms with Crippen molar-refractivity contribution in [3.8, 4) is 0 Å². The fourth-order valence-corrected chi connectivity index (χ4v) is 4.67. The second kappa shape index (κ2) is 9.40. The van der Waals surface area contributed by atoms with Crippen molar-refractivity contribution >= 4 is 21.6 Å². The van der Waals surface area contributed by atoms with Crippen LogP contribution < -0.4 is 10.0 Å². The molecule has 3 aromatic rings. The van der Waals surface area contributed by atoms with Crippen LogP contribution in [-0.4, -0.2) is 14.3 Å². The van der Waals surface area contributed by atoms with Crippen molar-refractivity contribution in [1.29, 1.82) is 0 Å². The molecule has 1 amide bonds. The van der Waals surface area contributed by atoms with Gasteiger partial charge in [-0.05, 0) is 67.1 Å². The fourth-order valence-electron chi connectivity index (χ4n) is 3.54. The predicted molar refractivity (Wildman–Crippen MR) is 134 cm³/mol. The van der Waals surface area contributed by atoms with E-state index in [9.17, 15) is 13.2 Å². The molecule has 0 aromatic heterocycles. The highest BCUT2D eigenvalue weighted by Gasteiger charge is 2.20. The summed E-state index contributed by atoms with van der Waals surface area (Å²) in [5, 5.41) is 3.02. The Morgan fingerprint density at radius 3 is 2.06 bits per heavy atom. The highest BCUT2D eigenvalue weighted by Crippen LogP contribution is 2.26. The van der Waals surface area contributed by atoms with Crippen LogP contribution in [0.5, 0.6) is 0 Å². The maximum Gasteiger partial charge on any atom is 0.261 e. The van der Waals surface area contributed by atoms with Crippen LogP contribution >= 0.6 is 0 Å². The zero-order valence-corrected chi connectivity index (χ0v) is 20.9. The van der Waals surface area contributed by atoms with Gasteiger partial charge in [0.2, 0.25) is 0 Å². The zero-order chi connectivity index (χ0) is 24.4. The summed E-state index contributed by atoms with van der Waals surface area (Å²) in [7, 11) is -3.76. The van der Waals surface area contributed by atoms with Crippen LogP contribution in [0.25, 0.3) is 0 Å². The lowest BCUT2D eigenvalue weighted by Gasteiger charge is -2.21. The zero-order valence-electron chi connectivity index (χ0n) is 20.1. The van der Waals surface area contributed by atoms with Crippen LogP contribution in [0, 0.1) is 13.8 Å². The predicted octanol–water partition coefficient (Wildman–Crippen LogP) is 5.89. The van der Waals surface area contributed by atoms with Gasteiger partial charge in [0.1, 0.15) is 0 Å². The first-order chi connectivity index (χ1) is 15.4. The summed E-state index contributed by atoms with van der Waals surface area (Å²) in [6, 6.07) is 19.7. The number of hydrogen-bond donors (Lipinski definition) is 2. The highest BCUT2D eigenvalue weighted by molar-refractivity contribution is 7.92. The van der Waals surface area contributed by atoms with E-state index in [-0.39, 0.29) is 22.3 Å². The number of sulfonamides is 1. The van der Waals surface area contributed by atoms with E-state index in [4.69, 9.17) is 0 Å². The number of benzene rings is 3. The van der Waals surface area contributed by atoms with Gasteiger partial charge in [0.15, 0.2) is 0 Å². The van der Waals surface area contributed by atoms with Crippen LogP contribution in [0.2, 0.25) is 0 Å². The Kier molecular flexibility index (Phi) is 6.98. The molecule has 5 nitrogen and oxygen atoms in total. The normalized spacial score (nSPS) is 12.8. The summed E-state index contributed by atoms with van der Waals surface area (Å²) >= 11 is 0. The number of carbonyl (C=O) groups excluding carboxylic acids is 1. The molecule has 0 unspecified atom stereocenters. The lowest BCUT2D eigenvalue weighted by molar-refractivity contribution is 0.0939. The summed E-state index contributed by atoms with van der Waals surface area (Å²) in [4.78, 5) is 13.2. The maximum absolute atomic E-state index is 13.0. The molecule has 6 heteroatoms. The molecule has 0 bridgehead atoms. The molecule has 3 rings (SSSR count). The minimum absolute atomic E-state index is 0.0640. The Morgan fingerprint density at radius 2 is 1.48 bits per heavy atom. The van der Waals surface area contributed by atoms with Gasteiger partial charge in [0.25, 0.3) is 15.9 Å². The molecule has 0 saturated carbocycles. The lowest BCUT2D eigenvalue weighted by atomic mass is 9.86. The largest absolute Gasteiger partial charge is 0.346 e. The van der Waals surface area contributed by atoms with Gasteiger partial charge in [-0.15, -0.1) is 0 Å². The van der Waals surface area contributed by atoms with E-state index in [1.807, 2.05) is 26.0 Å². The summed E-state index contributed by atoms with van der Waals surface area (Å²) in [5.74, 6) is -0.253.